The van der Waals surface area contributed by atoms with Crippen LogP contribution in [-0.4, -0.2) is 77.8 Å². The molecule has 2 saturated heterocycles. The largest absolute Gasteiger partial charge is 0.405 e. The number of amides is 1. The van der Waals surface area contributed by atoms with Crippen LogP contribution in [0.1, 0.15) is 38.5 Å². The second-order valence-corrected chi connectivity index (χ2v) is 9.09. The maximum atomic E-state index is 13.9. The third-order valence-corrected chi connectivity index (χ3v) is 6.08. The number of hydrogen-bond donors (Lipinski definition) is 5. The van der Waals surface area contributed by atoms with Crippen LogP contribution in [0.4, 0.5) is 17.6 Å². The number of nitrogens with zero attached hydrogens (tertiary/aromatic N) is 2. The van der Waals surface area contributed by atoms with Gasteiger partial charge in [0, 0.05) is 25.0 Å². The summed E-state index contributed by atoms with van der Waals surface area (Å²) in [6.45, 7) is -0.135. The second kappa shape index (κ2) is 10.2. The van der Waals surface area contributed by atoms with Crippen molar-refractivity contribution < 1.29 is 27.5 Å². The summed E-state index contributed by atoms with van der Waals surface area (Å²) in [7, 11) is 1.43. The molecular weight excluding hydrogens is 444 g/mol. The summed E-state index contributed by atoms with van der Waals surface area (Å²) in [6.07, 6.45) is -4.41. The summed E-state index contributed by atoms with van der Waals surface area (Å²) in [5, 5.41) is 18.9. The molecular formula is C18H29ClF4N6O2. The summed E-state index contributed by atoms with van der Waals surface area (Å²) < 4.78 is 54.0. The zero-order chi connectivity index (χ0) is 22.8. The molecule has 8 nitrogen and oxygen atoms in total. The number of alkyl halides is 5. The number of rotatable bonds is 3. The third-order valence-electron chi connectivity index (χ3n) is 5.72. The van der Waals surface area contributed by atoms with Crippen LogP contribution in [0.3, 0.4) is 0 Å². The highest BCUT2D eigenvalue weighted by molar-refractivity contribution is 6.20. The van der Waals surface area contributed by atoms with Crippen molar-refractivity contribution in [1.29, 1.82) is 0 Å². The number of guanidine groups is 1. The number of piperidine rings is 1. The fraction of sp³-hybridized carbons (Fsp3) is 0.889. The van der Waals surface area contributed by atoms with Crippen LogP contribution < -0.4 is 21.4 Å². The third kappa shape index (κ3) is 6.88. The quantitative estimate of drug-likeness (QED) is 0.182. The molecule has 0 spiro atoms. The maximum absolute atomic E-state index is 13.9. The van der Waals surface area contributed by atoms with E-state index in [1.165, 1.54) is 12.1 Å². The SMILES string of the molecule is CN1CC(C(=O)N/C(=N\C2CCCC(O)N2)NC2CC(F)CC(Cl)C2)C(C(F)(F)F)N1. The van der Waals surface area contributed by atoms with Gasteiger partial charge in [-0.3, -0.25) is 15.4 Å². The van der Waals surface area contributed by atoms with Gasteiger partial charge in [0.05, 0.1) is 5.92 Å². The minimum Gasteiger partial charge on any atom is -0.379 e. The molecule has 5 N–H and O–H groups in total. The van der Waals surface area contributed by atoms with Crippen molar-refractivity contribution in [1.82, 2.24) is 26.4 Å². The lowest BCUT2D eigenvalue weighted by atomic mass is 9.93. The Hall–Kier alpha value is -1.21. The van der Waals surface area contributed by atoms with E-state index in [0.717, 1.165) is 0 Å². The van der Waals surface area contributed by atoms with Crippen LogP contribution in [-0.2, 0) is 4.79 Å². The topological polar surface area (TPSA) is 101 Å². The summed E-state index contributed by atoms with van der Waals surface area (Å²) in [4.78, 5) is 17.1. The molecule has 1 saturated carbocycles. The molecule has 3 aliphatic rings. The first kappa shape index (κ1) is 24.4. The van der Waals surface area contributed by atoms with Gasteiger partial charge in [0.2, 0.25) is 5.91 Å². The first-order valence-electron chi connectivity index (χ1n) is 10.4. The number of hydrogen-bond acceptors (Lipinski definition) is 6. The van der Waals surface area contributed by atoms with Crippen molar-refractivity contribution in [3.8, 4) is 0 Å². The number of carbonyl (C=O) groups excluding carboxylic acids is 1. The number of hydrazine groups is 1. The van der Waals surface area contributed by atoms with Crippen LogP contribution in [0.15, 0.2) is 4.99 Å². The molecule has 3 rings (SSSR count). The van der Waals surface area contributed by atoms with Crippen molar-refractivity contribution in [2.24, 2.45) is 10.9 Å². The van der Waals surface area contributed by atoms with Crippen molar-refractivity contribution in [3.63, 3.8) is 0 Å². The molecule has 13 heteroatoms. The molecule has 7 atom stereocenters. The minimum absolute atomic E-state index is 0.0463. The van der Waals surface area contributed by atoms with Crippen molar-refractivity contribution in [2.75, 3.05) is 13.6 Å². The fourth-order valence-corrected chi connectivity index (χ4v) is 4.69. The van der Waals surface area contributed by atoms with Gasteiger partial charge in [0.1, 0.15) is 24.6 Å². The zero-order valence-corrected chi connectivity index (χ0v) is 17.9. The molecule has 178 valence electrons. The van der Waals surface area contributed by atoms with Gasteiger partial charge in [0.15, 0.2) is 5.96 Å². The van der Waals surface area contributed by atoms with E-state index >= 15 is 0 Å². The van der Waals surface area contributed by atoms with Crippen LogP contribution in [0.25, 0.3) is 0 Å². The fourth-order valence-electron chi connectivity index (χ4n) is 4.28. The van der Waals surface area contributed by atoms with Crippen LogP contribution >= 0.6 is 11.6 Å². The molecule has 1 aliphatic carbocycles. The van der Waals surface area contributed by atoms with Crippen molar-refractivity contribution in [2.45, 2.75) is 80.7 Å². The van der Waals surface area contributed by atoms with E-state index in [0.29, 0.717) is 25.7 Å². The molecule has 0 aromatic carbocycles. The van der Waals surface area contributed by atoms with E-state index < -0.39 is 54.0 Å². The van der Waals surface area contributed by atoms with E-state index in [-0.39, 0.29) is 25.3 Å². The second-order valence-electron chi connectivity index (χ2n) is 8.47. The lowest BCUT2D eigenvalue weighted by Gasteiger charge is -2.31. The zero-order valence-electron chi connectivity index (χ0n) is 17.1. The maximum Gasteiger partial charge on any atom is 0.405 e. The van der Waals surface area contributed by atoms with E-state index in [1.54, 1.807) is 0 Å². The highest BCUT2D eigenvalue weighted by Crippen LogP contribution is 2.30. The van der Waals surface area contributed by atoms with Gasteiger partial charge in [0.25, 0.3) is 0 Å². The number of aliphatic imine (C=N–C) groups is 1. The Balaban J connectivity index is 1.74. The molecule has 3 fully saturated rings. The normalized spacial score (nSPS) is 38.2. The highest BCUT2D eigenvalue weighted by atomic mass is 35.5. The van der Waals surface area contributed by atoms with Gasteiger partial charge < -0.3 is 10.4 Å². The number of aliphatic hydroxyl groups excluding tert-OH is 1. The standard InChI is InChI=1S/C18H29ClF4N6O2/c1-29-8-12(15(28-29)18(21,22)23)16(31)27-17(26-13-3-2-4-14(30)25-13)24-11-6-9(19)5-10(20)7-11/h9-15,25,28,30H,2-8H2,1H3,(H2,24,26,27,31). The number of nitrogens with one attached hydrogen (secondary N) is 4. The van der Waals surface area contributed by atoms with E-state index in [4.69, 9.17) is 11.6 Å². The summed E-state index contributed by atoms with van der Waals surface area (Å²) in [6, 6.07) is -2.45. The molecule has 0 radical (unpaired) electrons. The molecule has 0 aromatic heterocycles. The van der Waals surface area contributed by atoms with E-state index in [9.17, 15) is 27.5 Å². The smallest absolute Gasteiger partial charge is 0.379 e. The lowest BCUT2D eigenvalue weighted by Crippen LogP contribution is -2.54. The number of carbonyl (C=O) groups is 1. The van der Waals surface area contributed by atoms with Gasteiger partial charge in [-0.05, 0) is 38.5 Å². The molecule has 31 heavy (non-hydrogen) atoms. The van der Waals surface area contributed by atoms with Gasteiger partial charge in [-0.15, -0.1) is 11.6 Å². The van der Waals surface area contributed by atoms with E-state index in [1.807, 2.05) is 0 Å². The first-order chi connectivity index (χ1) is 14.5. The van der Waals surface area contributed by atoms with Crippen molar-refractivity contribution in [3.05, 3.63) is 0 Å². The molecule has 7 unspecified atom stereocenters. The monoisotopic (exact) mass is 472 g/mol. The molecule has 0 aromatic rings. The molecule has 1 amide bonds. The van der Waals surface area contributed by atoms with Crippen LogP contribution in [0, 0.1) is 5.92 Å². The first-order valence-corrected chi connectivity index (χ1v) is 10.9. The Morgan fingerprint density at radius 2 is 2.00 bits per heavy atom. The van der Waals surface area contributed by atoms with Crippen LogP contribution in [0.5, 0.6) is 0 Å². The summed E-state index contributed by atoms with van der Waals surface area (Å²) in [5.74, 6) is -2.28. The van der Waals surface area contributed by atoms with Gasteiger partial charge in [-0.1, -0.05) is 0 Å². The number of aliphatic hydroxyl groups is 1. The highest BCUT2D eigenvalue weighted by Gasteiger charge is 2.52. The number of halogens is 5. The molecule has 0 bridgehead atoms. The lowest BCUT2D eigenvalue weighted by molar-refractivity contribution is -0.168. The predicted molar refractivity (Wildman–Crippen MR) is 107 cm³/mol. The summed E-state index contributed by atoms with van der Waals surface area (Å²) >= 11 is 6.10. The van der Waals surface area contributed by atoms with Crippen LogP contribution in [0.2, 0.25) is 0 Å². The summed E-state index contributed by atoms with van der Waals surface area (Å²) in [5.41, 5.74) is 2.25. The Kier molecular flexibility index (Phi) is 8.00. The minimum atomic E-state index is -4.61. The van der Waals surface area contributed by atoms with Gasteiger partial charge in [-0.25, -0.2) is 19.8 Å². The average molecular weight is 473 g/mol. The van der Waals surface area contributed by atoms with Crippen molar-refractivity contribution >= 4 is 23.5 Å². The molecule has 2 aliphatic heterocycles. The van der Waals surface area contributed by atoms with E-state index in [2.05, 4.69) is 26.4 Å². The predicted octanol–water partition coefficient (Wildman–Crippen LogP) is 0.961. The van der Waals surface area contributed by atoms with Gasteiger partial charge >= 0.3 is 6.18 Å². The average Bonchev–Trinajstić information content (AvgIpc) is 3.03. The Morgan fingerprint density at radius 3 is 2.65 bits per heavy atom. The Bertz CT molecular complexity index is 659. The van der Waals surface area contributed by atoms with Gasteiger partial charge in [-0.2, -0.15) is 13.2 Å². The Labute approximate surface area is 183 Å². The molecule has 2 heterocycles. The Morgan fingerprint density at radius 1 is 1.26 bits per heavy atom.